The number of nitrogens with one attached hydrogen (secondary N) is 1. The topological polar surface area (TPSA) is 84.9 Å². The number of nitrogens with zero attached hydrogens (tertiary/aromatic N) is 1. The highest BCUT2D eigenvalue weighted by atomic mass is 16.5. The molecule has 0 heterocycles. The average molecular weight is 663 g/mol. The van der Waals surface area contributed by atoms with Crippen LogP contribution in [0, 0.1) is 0 Å². The highest BCUT2D eigenvalue weighted by Crippen LogP contribution is 2.24. The second-order valence-corrected chi connectivity index (χ2v) is 11.9. The van der Waals surface area contributed by atoms with Gasteiger partial charge in [0, 0.05) is 35.3 Å². The Morgan fingerprint density at radius 3 is 2.06 bits per heavy atom. The first kappa shape index (κ1) is 33.7. The third-order valence-corrected chi connectivity index (χ3v) is 8.54. The van der Waals surface area contributed by atoms with E-state index in [1.807, 2.05) is 126 Å². The zero-order chi connectivity index (χ0) is 34.7. The number of ether oxygens (including phenoxy) is 2. The molecule has 1 N–H and O–H groups in total. The van der Waals surface area contributed by atoms with Crippen molar-refractivity contribution in [2.24, 2.45) is 0 Å². The summed E-state index contributed by atoms with van der Waals surface area (Å²) in [4.78, 5) is 41.9. The molecule has 0 aromatic heterocycles. The number of carbonyl (C=O) groups is 3. The van der Waals surface area contributed by atoms with E-state index in [1.54, 1.807) is 30.3 Å². The van der Waals surface area contributed by atoms with Crippen molar-refractivity contribution in [3.63, 3.8) is 0 Å². The molecule has 6 aromatic carbocycles. The molecule has 6 aromatic rings. The fourth-order valence-electron chi connectivity index (χ4n) is 5.94. The zero-order valence-electron chi connectivity index (χ0n) is 27.8. The van der Waals surface area contributed by atoms with Crippen molar-refractivity contribution in [3.8, 4) is 5.75 Å². The van der Waals surface area contributed by atoms with E-state index in [0.29, 0.717) is 54.2 Å². The summed E-state index contributed by atoms with van der Waals surface area (Å²) in [5.41, 5.74) is 4.15. The first-order valence-electron chi connectivity index (χ1n) is 16.6. The van der Waals surface area contributed by atoms with Gasteiger partial charge in [0.25, 0.3) is 5.91 Å². The van der Waals surface area contributed by atoms with Gasteiger partial charge in [0.1, 0.15) is 18.4 Å². The number of fused-ring (bicyclic) bond motifs is 1. The Hall–Kier alpha value is -6.21. The minimum Gasteiger partial charge on any atom is -0.492 e. The highest BCUT2D eigenvalue weighted by molar-refractivity contribution is 6.12. The molecule has 0 saturated heterocycles. The summed E-state index contributed by atoms with van der Waals surface area (Å²) >= 11 is 0. The minimum absolute atomic E-state index is 0.0574. The number of ketones is 1. The van der Waals surface area contributed by atoms with Crippen LogP contribution < -0.4 is 10.1 Å². The van der Waals surface area contributed by atoms with Crippen LogP contribution in [0.4, 0.5) is 5.69 Å². The van der Waals surface area contributed by atoms with Crippen LogP contribution in [-0.4, -0.2) is 48.9 Å². The van der Waals surface area contributed by atoms with Gasteiger partial charge in [-0.3, -0.25) is 9.59 Å². The maximum Gasteiger partial charge on any atom is 0.328 e. The lowest BCUT2D eigenvalue weighted by Crippen LogP contribution is -2.34. The Kier molecular flexibility index (Phi) is 11.0. The molecular weight excluding hydrogens is 624 g/mol. The van der Waals surface area contributed by atoms with Crippen LogP contribution in [-0.2, 0) is 22.5 Å². The van der Waals surface area contributed by atoms with E-state index in [0.717, 1.165) is 21.9 Å². The Morgan fingerprint density at radius 2 is 1.30 bits per heavy atom. The molecule has 1 unspecified atom stereocenters. The van der Waals surface area contributed by atoms with Gasteiger partial charge in [0.2, 0.25) is 0 Å². The number of amides is 1. The first-order chi connectivity index (χ1) is 24.5. The summed E-state index contributed by atoms with van der Waals surface area (Å²) in [5.74, 6) is 0.00651. The minimum atomic E-state index is -0.733. The number of hydrogen-bond acceptors (Lipinski definition) is 6. The summed E-state index contributed by atoms with van der Waals surface area (Å²) in [6, 6.07) is 46.6. The van der Waals surface area contributed by atoms with Crippen molar-refractivity contribution in [1.82, 2.24) is 4.90 Å². The molecule has 0 spiro atoms. The molecule has 1 atom stereocenters. The van der Waals surface area contributed by atoms with Crippen LogP contribution in [0.15, 0.2) is 152 Å². The predicted octanol–water partition coefficient (Wildman–Crippen LogP) is 7.99. The van der Waals surface area contributed by atoms with Gasteiger partial charge in [-0.25, -0.2) is 4.79 Å². The van der Waals surface area contributed by atoms with Crippen molar-refractivity contribution in [3.05, 3.63) is 179 Å². The number of para-hydroxylation sites is 1. The molecule has 7 heteroatoms. The standard InChI is InChI=1S/C43H38N2O5/c1-49-43(48)40(44-39-22-11-10-20-38(39)41(46)34-16-6-3-7-17-34)29-31-23-25-35(26-24-31)50-28-27-45(30-32-13-4-2-5-14-32)42(47)37-21-12-18-33-15-8-9-19-36(33)37/h2-26,40,44H,27-30H2,1H3. The van der Waals surface area contributed by atoms with Crippen molar-refractivity contribution in [2.75, 3.05) is 25.6 Å². The van der Waals surface area contributed by atoms with E-state index in [-0.39, 0.29) is 11.7 Å². The zero-order valence-corrected chi connectivity index (χ0v) is 27.8. The van der Waals surface area contributed by atoms with Crippen molar-refractivity contribution < 1.29 is 23.9 Å². The largest absolute Gasteiger partial charge is 0.492 e. The third kappa shape index (κ3) is 8.25. The van der Waals surface area contributed by atoms with Gasteiger partial charge in [0.05, 0.1) is 13.7 Å². The van der Waals surface area contributed by atoms with Gasteiger partial charge in [-0.05, 0) is 52.2 Å². The summed E-state index contributed by atoms with van der Waals surface area (Å²) in [5, 5.41) is 5.18. The van der Waals surface area contributed by atoms with Crippen LogP contribution in [0.2, 0.25) is 0 Å². The van der Waals surface area contributed by atoms with E-state index in [4.69, 9.17) is 9.47 Å². The van der Waals surface area contributed by atoms with E-state index in [9.17, 15) is 14.4 Å². The summed E-state index contributed by atoms with van der Waals surface area (Å²) in [6.45, 7) is 1.13. The van der Waals surface area contributed by atoms with Crippen LogP contribution >= 0.6 is 0 Å². The van der Waals surface area contributed by atoms with Crippen molar-refractivity contribution in [2.45, 2.75) is 19.0 Å². The van der Waals surface area contributed by atoms with Crippen LogP contribution in [0.25, 0.3) is 10.8 Å². The van der Waals surface area contributed by atoms with Gasteiger partial charge in [0.15, 0.2) is 5.78 Å². The molecule has 0 aliphatic carbocycles. The molecule has 0 aliphatic heterocycles. The first-order valence-corrected chi connectivity index (χ1v) is 16.6. The Balaban J connectivity index is 1.12. The molecule has 0 radical (unpaired) electrons. The fraction of sp³-hybridized carbons (Fsp3) is 0.140. The van der Waals surface area contributed by atoms with E-state index >= 15 is 0 Å². The smallest absolute Gasteiger partial charge is 0.328 e. The number of rotatable bonds is 14. The normalized spacial score (nSPS) is 11.4. The maximum absolute atomic E-state index is 13.9. The lowest BCUT2D eigenvalue weighted by atomic mass is 10.00. The molecule has 0 bridgehead atoms. The van der Waals surface area contributed by atoms with Gasteiger partial charge in [-0.2, -0.15) is 0 Å². The molecule has 1 amide bonds. The Bertz CT molecular complexity index is 2060. The van der Waals surface area contributed by atoms with Gasteiger partial charge in [-0.1, -0.05) is 121 Å². The molecule has 6 rings (SSSR count). The molecular formula is C43H38N2O5. The summed E-state index contributed by atoms with van der Waals surface area (Å²) in [7, 11) is 1.35. The number of anilines is 1. The molecule has 0 aliphatic rings. The van der Waals surface area contributed by atoms with Crippen LogP contribution in [0.1, 0.15) is 37.4 Å². The molecule has 250 valence electrons. The van der Waals surface area contributed by atoms with Crippen LogP contribution in [0.3, 0.4) is 0 Å². The Morgan fingerprint density at radius 1 is 0.660 bits per heavy atom. The monoisotopic (exact) mass is 662 g/mol. The molecule has 0 fully saturated rings. The quantitative estimate of drug-likeness (QED) is 0.0941. The predicted molar refractivity (Wildman–Crippen MR) is 197 cm³/mol. The summed E-state index contributed by atoms with van der Waals surface area (Å²) < 4.78 is 11.2. The Labute approximate surface area is 292 Å². The molecule has 0 saturated carbocycles. The van der Waals surface area contributed by atoms with Gasteiger partial charge >= 0.3 is 5.97 Å². The third-order valence-electron chi connectivity index (χ3n) is 8.54. The van der Waals surface area contributed by atoms with Gasteiger partial charge < -0.3 is 19.7 Å². The second kappa shape index (κ2) is 16.3. The fourth-order valence-corrected chi connectivity index (χ4v) is 5.94. The van der Waals surface area contributed by atoms with Crippen molar-refractivity contribution in [1.29, 1.82) is 0 Å². The van der Waals surface area contributed by atoms with E-state index in [1.165, 1.54) is 7.11 Å². The number of methoxy groups -OCH3 is 1. The van der Waals surface area contributed by atoms with E-state index in [2.05, 4.69) is 5.32 Å². The maximum atomic E-state index is 13.9. The highest BCUT2D eigenvalue weighted by Gasteiger charge is 2.23. The lowest BCUT2D eigenvalue weighted by molar-refractivity contribution is -0.141. The number of esters is 1. The van der Waals surface area contributed by atoms with Gasteiger partial charge in [-0.15, -0.1) is 0 Å². The molecule has 7 nitrogen and oxygen atoms in total. The van der Waals surface area contributed by atoms with E-state index < -0.39 is 12.0 Å². The SMILES string of the molecule is COC(=O)C(Cc1ccc(OCCN(Cc2ccccc2)C(=O)c2cccc3ccccc23)cc1)Nc1ccccc1C(=O)c1ccccc1. The lowest BCUT2D eigenvalue weighted by Gasteiger charge is -2.24. The van der Waals surface area contributed by atoms with Crippen LogP contribution in [0.5, 0.6) is 5.75 Å². The number of benzene rings is 6. The number of carbonyl (C=O) groups excluding carboxylic acids is 3. The second-order valence-electron chi connectivity index (χ2n) is 11.9. The number of hydrogen-bond donors (Lipinski definition) is 1. The van der Waals surface area contributed by atoms with Crippen molar-refractivity contribution >= 4 is 34.1 Å². The molecule has 50 heavy (non-hydrogen) atoms. The average Bonchev–Trinajstić information content (AvgIpc) is 3.17. The summed E-state index contributed by atoms with van der Waals surface area (Å²) in [6.07, 6.45) is 0.325.